The number of amides is 1. The van der Waals surface area contributed by atoms with Crippen molar-refractivity contribution in [2.75, 3.05) is 6.54 Å². The highest BCUT2D eigenvalue weighted by atomic mass is 16.3. The smallest absolute Gasteiger partial charge is 0.244 e. The van der Waals surface area contributed by atoms with Crippen LogP contribution in [0.4, 0.5) is 0 Å². The van der Waals surface area contributed by atoms with Gasteiger partial charge in [-0.25, -0.2) is 0 Å². The Bertz CT molecular complexity index is 557. The third-order valence-electron chi connectivity index (χ3n) is 4.89. The lowest BCUT2D eigenvalue weighted by Gasteiger charge is -2.28. The molecule has 170 valence electrons. The normalized spacial score (nSPS) is 14.7. The summed E-state index contributed by atoms with van der Waals surface area (Å²) >= 11 is 0. The summed E-state index contributed by atoms with van der Waals surface area (Å²) in [5.41, 5.74) is -0.781. The first-order valence-corrected chi connectivity index (χ1v) is 11.9. The van der Waals surface area contributed by atoms with E-state index in [0.29, 0.717) is 6.54 Å². The van der Waals surface area contributed by atoms with E-state index in [1.54, 1.807) is 6.08 Å². The lowest BCUT2D eigenvalue weighted by molar-refractivity contribution is -0.118. The van der Waals surface area contributed by atoms with E-state index in [9.17, 15) is 9.90 Å². The van der Waals surface area contributed by atoms with Crippen LogP contribution < -0.4 is 5.32 Å². The molecule has 1 amide bonds. The van der Waals surface area contributed by atoms with E-state index in [-0.39, 0.29) is 5.91 Å². The third-order valence-corrected chi connectivity index (χ3v) is 4.89. The van der Waals surface area contributed by atoms with Crippen molar-refractivity contribution in [3.8, 4) is 0 Å². The van der Waals surface area contributed by atoms with Gasteiger partial charge in [0.25, 0.3) is 0 Å². The van der Waals surface area contributed by atoms with Gasteiger partial charge in [-0.05, 0) is 32.1 Å². The van der Waals surface area contributed by atoms with E-state index >= 15 is 0 Å². The zero-order valence-corrected chi connectivity index (χ0v) is 19.6. The van der Waals surface area contributed by atoms with Crippen LogP contribution in [0.2, 0.25) is 0 Å². The molecule has 3 nitrogen and oxygen atoms in total. The second-order valence-corrected chi connectivity index (χ2v) is 7.90. The number of aliphatic hydroxyl groups is 1. The van der Waals surface area contributed by atoms with Gasteiger partial charge in [-0.1, -0.05) is 114 Å². The Morgan fingerprint density at radius 2 is 1.30 bits per heavy atom. The second kappa shape index (κ2) is 20.4. The number of hydrogen-bond acceptors (Lipinski definition) is 2. The zero-order chi connectivity index (χ0) is 22.3. The molecule has 0 saturated carbocycles. The van der Waals surface area contributed by atoms with Gasteiger partial charge in [-0.3, -0.25) is 4.79 Å². The fraction of sp³-hybridized carbons (Fsp3) is 0.593. The lowest BCUT2D eigenvalue weighted by atomic mass is 9.90. The average Bonchev–Trinajstić information content (AvgIpc) is 2.74. The van der Waals surface area contributed by atoms with Gasteiger partial charge in [0.1, 0.15) is 0 Å². The van der Waals surface area contributed by atoms with Crippen molar-refractivity contribution >= 4 is 5.91 Å². The minimum Gasteiger partial charge on any atom is -0.388 e. The first-order chi connectivity index (χ1) is 14.6. The molecular weight excluding hydrogens is 370 g/mol. The number of carbonyl (C=O) groups excluding carboxylic acids is 1. The van der Waals surface area contributed by atoms with E-state index in [1.165, 1.54) is 12.5 Å². The molecule has 0 spiro atoms. The fourth-order valence-electron chi connectivity index (χ4n) is 2.98. The van der Waals surface area contributed by atoms with Crippen molar-refractivity contribution in [2.45, 2.75) is 97.0 Å². The van der Waals surface area contributed by atoms with Crippen molar-refractivity contribution in [1.82, 2.24) is 5.32 Å². The maximum absolute atomic E-state index is 12.0. The molecule has 0 aliphatic carbocycles. The molecule has 0 rings (SSSR count). The van der Waals surface area contributed by atoms with E-state index < -0.39 is 5.60 Å². The molecular formula is C27H45NO2. The first-order valence-electron chi connectivity index (χ1n) is 11.9. The topological polar surface area (TPSA) is 49.3 Å². The van der Waals surface area contributed by atoms with Crippen LogP contribution >= 0.6 is 0 Å². The molecule has 0 bridgehead atoms. The number of nitrogens with one attached hydrogen (secondary N) is 1. The minimum atomic E-state index is -0.781. The summed E-state index contributed by atoms with van der Waals surface area (Å²) in [4.78, 5) is 12.0. The number of carbonyl (C=O) groups is 1. The lowest BCUT2D eigenvalue weighted by Crippen LogP contribution is -2.42. The van der Waals surface area contributed by atoms with Crippen molar-refractivity contribution < 1.29 is 9.90 Å². The summed E-state index contributed by atoms with van der Waals surface area (Å²) in [5.74, 6) is -0.147. The highest BCUT2D eigenvalue weighted by Gasteiger charge is 2.25. The molecule has 0 aliphatic heterocycles. The Morgan fingerprint density at radius 1 is 0.733 bits per heavy atom. The fourth-order valence-corrected chi connectivity index (χ4v) is 2.98. The SMILES string of the molecule is CCCC=CC=CC=CCCC=CC=CC(=O)NCC(O)(CCCC)CCCCC. The molecule has 1 unspecified atom stereocenters. The van der Waals surface area contributed by atoms with Gasteiger partial charge in [0.05, 0.1) is 5.60 Å². The van der Waals surface area contributed by atoms with Crippen molar-refractivity contribution in [3.63, 3.8) is 0 Å². The van der Waals surface area contributed by atoms with Crippen LogP contribution in [0.3, 0.4) is 0 Å². The predicted octanol–water partition coefficient (Wildman–Crippen LogP) is 6.97. The van der Waals surface area contributed by atoms with Gasteiger partial charge in [0.15, 0.2) is 0 Å². The summed E-state index contributed by atoms with van der Waals surface area (Å²) in [6.45, 7) is 6.78. The Balaban J connectivity index is 4.12. The van der Waals surface area contributed by atoms with E-state index in [2.05, 4.69) is 62.5 Å². The van der Waals surface area contributed by atoms with Gasteiger partial charge in [0, 0.05) is 12.6 Å². The Morgan fingerprint density at radius 3 is 1.90 bits per heavy atom. The van der Waals surface area contributed by atoms with Crippen LogP contribution in [0.1, 0.15) is 91.4 Å². The monoisotopic (exact) mass is 415 g/mol. The third kappa shape index (κ3) is 18.2. The molecule has 3 heteroatoms. The molecule has 0 aliphatic rings. The molecule has 0 fully saturated rings. The standard InChI is InChI=1S/C27H45NO2/c1-4-7-10-11-12-13-14-15-16-17-18-19-20-22-26(29)28-25-27(30,23-9-6-3)24-21-8-5-2/h10-15,18-20,22,30H,4-9,16-17,21,23-25H2,1-3H3,(H,28,29). The van der Waals surface area contributed by atoms with Gasteiger partial charge in [0.2, 0.25) is 5.91 Å². The Labute approximate surface area is 185 Å². The summed E-state index contributed by atoms with van der Waals surface area (Å²) < 4.78 is 0. The quantitative estimate of drug-likeness (QED) is 0.144. The van der Waals surface area contributed by atoms with E-state index in [1.807, 2.05) is 12.2 Å². The van der Waals surface area contributed by atoms with Crippen LogP contribution in [0.5, 0.6) is 0 Å². The number of unbranched alkanes of at least 4 members (excludes halogenated alkanes) is 5. The largest absolute Gasteiger partial charge is 0.388 e. The molecule has 30 heavy (non-hydrogen) atoms. The maximum atomic E-state index is 12.0. The van der Waals surface area contributed by atoms with Gasteiger partial charge in [-0.2, -0.15) is 0 Å². The Hall–Kier alpha value is -1.87. The first kappa shape index (κ1) is 28.1. The van der Waals surface area contributed by atoms with Crippen molar-refractivity contribution in [3.05, 3.63) is 60.8 Å². The van der Waals surface area contributed by atoms with Crippen molar-refractivity contribution in [1.29, 1.82) is 0 Å². The zero-order valence-electron chi connectivity index (χ0n) is 19.6. The molecule has 1 atom stereocenters. The van der Waals surface area contributed by atoms with Crippen LogP contribution in [0.25, 0.3) is 0 Å². The summed E-state index contributed by atoms with van der Waals surface area (Å²) in [5, 5.41) is 13.7. The predicted molar refractivity (Wildman–Crippen MR) is 131 cm³/mol. The van der Waals surface area contributed by atoms with Crippen LogP contribution in [0, 0.1) is 0 Å². The molecule has 0 saturated heterocycles. The van der Waals surface area contributed by atoms with Gasteiger partial charge >= 0.3 is 0 Å². The van der Waals surface area contributed by atoms with Crippen LogP contribution in [0.15, 0.2) is 60.8 Å². The molecule has 0 aromatic rings. The molecule has 0 aromatic carbocycles. The second-order valence-electron chi connectivity index (χ2n) is 7.90. The van der Waals surface area contributed by atoms with Crippen LogP contribution in [-0.4, -0.2) is 23.2 Å². The highest BCUT2D eigenvalue weighted by molar-refractivity contribution is 5.87. The van der Waals surface area contributed by atoms with E-state index in [0.717, 1.165) is 64.2 Å². The summed E-state index contributed by atoms with van der Waals surface area (Å²) in [6.07, 6.45) is 30.8. The molecule has 0 radical (unpaired) electrons. The minimum absolute atomic E-state index is 0.147. The Kier molecular flexibility index (Phi) is 19.1. The van der Waals surface area contributed by atoms with Crippen LogP contribution in [-0.2, 0) is 4.79 Å². The molecule has 0 aromatic heterocycles. The number of hydrogen-bond donors (Lipinski definition) is 2. The molecule has 0 heterocycles. The maximum Gasteiger partial charge on any atom is 0.244 e. The molecule has 2 N–H and O–H groups in total. The summed E-state index contributed by atoms with van der Waals surface area (Å²) in [6, 6.07) is 0. The van der Waals surface area contributed by atoms with Gasteiger partial charge in [-0.15, -0.1) is 0 Å². The van der Waals surface area contributed by atoms with Crippen molar-refractivity contribution in [2.24, 2.45) is 0 Å². The van der Waals surface area contributed by atoms with Gasteiger partial charge < -0.3 is 10.4 Å². The summed E-state index contributed by atoms with van der Waals surface area (Å²) in [7, 11) is 0. The highest BCUT2D eigenvalue weighted by Crippen LogP contribution is 2.21. The average molecular weight is 416 g/mol. The number of rotatable bonds is 18. The van der Waals surface area contributed by atoms with E-state index in [4.69, 9.17) is 0 Å². The number of allylic oxidation sites excluding steroid dienone is 9.